The molecule has 4 rings (SSSR count). The molecule has 0 bridgehead atoms. The lowest BCUT2D eigenvalue weighted by Gasteiger charge is -2.20. The molecule has 6 nitrogen and oxygen atoms in total. The van der Waals surface area contributed by atoms with Crippen molar-refractivity contribution in [1.29, 1.82) is 0 Å². The van der Waals surface area contributed by atoms with Gasteiger partial charge in [-0.3, -0.25) is 9.78 Å². The molecular formula is C26H24ClFN4O2. The van der Waals surface area contributed by atoms with Gasteiger partial charge in [0.05, 0.1) is 22.3 Å². The van der Waals surface area contributed by atoms with Crippen molar-refractivity contribution in [2.45, 2.75) is 39.3 Å². The quantitative estimate of drug-likeness (QED) is 0.326. The smallest absolute Gasteiger partial charge is 0.159 e. The fourth-order valence-electron chi connectivity index (χ4n) is 3.68. The number of pyridine rings is 1. The van der Waals surface area contributed by atoms with E-state index in [0.717, 1.165) is 16.5 Å². The van der Waals surface area contributed by atoms with Gasteiger partial charge in [0, 0.05) is 40.7 Å². The summed E-state index contributed by atoms with van der Waals surface area (Å²) < 4.78 is 14.6. The molecule has 2 aromatic heterocycles. The van der Waals surface area contributed by atoms with Gasteiger partial charge in [-0.15, -0.1) is 0 Å². The summed E-state index contributed by atoms with van der Waals surface area (Å²) in [5.41, 5.74) is 2.56. The molecule has 1 unspecified atom stereocenters. The number of anilines is 1. The first-order valence-corrected chi connectivity index (χ1v) is 11.1. The number of ketones is 1. The second kappa shape index (κ2) is 9.08. The summed E-state index contributed by atoms with van der Waals surface area (Å²) in [7, 11) is 0. The topological polar surface area (TPSA) is 88.0 Å². The average Bonchev–Trinajstić information content (AvgIpc) is 2.80. The summed E-state index contributed by atoms with van der Waals surface area (Å²) in [4.78, 5) is 24.7. The predicted molar refractivity (Wildman–Crippen MR) is 131 cm³/mol. The number of rotatable bonds is 6. The lowest BCUT2D eigenvalue weighted by Crippen LogP contribution is -2.19. The van der Waals surface area contributed by atoms with Crippen LogP contribution in [-0.4, -0.2) is 25.8 Å². The van der Waals surface area contributed by atoms with Crippen molar-refractivity contribution >= 4 is 34.0 Å². The third-order valence-corrected chi connectivity index (χ3v) is 5.87. The zero-order valence-corrected chi connectivity index (χ0v) is 20.0. The predicted octanol–water partition coefficient (Wildman–Crippen LogP) is 6.09. The van der Waals surface area contributed by atoms with Crippen LogP contribution in [0.25, 0.3) is 22.0 Å². The molecule has 2 N–H and O–H groups in total. The van der Waals surface area contributed by atoms with Crippen LogP contribution in [0.15, 0.2) is 55.0 Å². The van der Waals surface area contributed by atoms with E-state index in [1.54, 1.807) is 45.4 Å². The number of Topliss-reactive ketones (excluding diaryl/α,β-unsaturated/α-hetero) is 1. The van der Waals surface area contributed by atoms with Gasteiger partial charge in [0.2, 0.25) is 0 Å². The van der Waals surface area contributed by atoms with Crippen LogP contribution in [-0.2, 0) is 5.60 Å². The monoisotopic (exact) mass is 478 g/mol. The van der Waals surface area contributed by atoms with E-state index in [-0.39, 0.29) is 5.78 Å². The molecule has 0 amide bonds. The van der Waals surface area contributed by atoms with Gasteiger partial charge in [0.15, 0.2) is 11.6 Å². The van der Waals surface area contributed by atoms with Crippen LogP contribution in [0.1, 0.15) is 55.5 Å². The van der Waals surface area contributed by atoms with Gasteiger partial charge in [-0.2, -0.15) is 0 Å². The highest BCUT2D eigenvalue weighted by Crippen LogP contribution is 2.35. The highest BCUT2D eigenvalue weighted by molar-refractivity contribution is 6.34. The van der Waals surface area contributed by atoms with Crippen LogP contribution in [0.5, 0.6) is 0 Å². The average molecular weight is 479 g/mol. The molecule has 8 heteroatoms. The van der Waals surface area contributed by atoms with Crippen molar-refractivity contribution in [2.24, 2.45) is 0 Å². The molecule has 0 saturated carbocycles. The number of benzene rings is 2. The maximum atomic E-state index is 14.6. The molecule has 0 spiro atoms. The van der Waals surface area contributed by atoms with Gasteiger partial charge in [-0.1, -0.05) is 17.7 Å². The van der Waals surface area contributed by atoms with Gasteiger partial charge in [0.1, 0.15) is 11.4 Å². The zero-order chi connectivity index (χ0) is 24.6. The molecule has 0 aliphatic heterocycles. The minimum absolute atomic E-state index is 0.136. The Hall–Kier alpha value is -3.42. The summed E-state index contributed by atoms with van der Waals surface area (Å²) in [6.45, 7) is 6.50. The fourth-order valence-corrected chi connectivity index (χ4v) is 3.88. The van der Waals surface area contributed by atoms with Crippen molar-refractivity contribution in [3.8, 4) is 11.1 Å². The Balaban J connectivity index is 1.74. The van der Waals surface area contributed by atoms with Gasteiger partial charge >= 0.3 is 0 Å². The van der Waals surface area contributed by atoms with Crippen LogP contribution < -0.4 is 5.32 Å². The number of carbonyl (C=O) groups is 1. The number of nitrogens with zero attached hydrogens (tertiary/aromatic N) is 3. The summed E-state index contributed by atoms with van der Waals surface area (Å²) in [5.74, 6) is -0.222. The van der Waals surface area contributed by atoms with Crippen molar-refractivity contribution < 1.29 is 14.3 Å². The van der Waals surface area contributed by atoms with E-state index in [0.29, 0.717) is 33.2 Å². The van der Waals surface area contributed by atoms with E-state index in [2.05, 4.69) is 20.3 Å². The van der Waals surface area contributed by atoms with Crippen LogP contribution in [0.3, 0.4) is 0 Å². The number of carbonyl (C=O) groups excluding carboxylic acids is 1. The van der Waals surface area contributed by atoms with E-state index in [1.807, 2.05) is 18.2 Å². The van der Waals surface area contributed by atoms with Crippen LogP contribution in [0.2, 0.25) is 5.02 Å². The minimum Gasteiger partial charge on any atom is -0.382 e. The number of halogens is 2. The number of aromatic nitrogens is 3. The largest absolute Gasteiger partial charge is 0.382 e. The molecule has 2 heterocycles. The van der Waals surface area contributed by atoms with E-state index in [9.17, 15) is 14.3 Å². The molecule has 0 fully saturated rings. The van der Waals surface area contributed by atoms with Crippen LogP contribution in [0, 0.1) is 5.82 Å². The second-order valence-corrected chi connectivity index (χ2v) is 9.13. The number of hydrogen-bond donors (Lipinski definition) is 2. The lowest BCUT2D eigenvalue weighted by atomic mass is 10.0. The molecular weight excluding hydrogens is 455 g/mol. The Morgan fingerprint density at radius 1 is 1.06 bits per heavy atom. The first-order valence-electron chi connectivity index (χ1n) is 10.7. The Bertz CT molecular complexity index is 1380. The Morgan fingerprint density at radius 3 is 2.41 bits per heavy atom. The lowest BCUT2D eigenvalue weighted by molar-refractivity contribution is 0.0687. The number of fused-ring (bicyclic) bond motifs is 1. The molecule has 4 aromatic rings. The fraction of sp³-hybridized carbons (Fsp3) is 0.231. The second-order valence-electron chi connectivity index (χ2n) is 8.73. The first-order chi connectivity index (χ1) is 16.0. The maximum Gasteiger partial charge on any atom is 0.159 e. The number of hydrogen-bond acceptors (Lipinski definition) is 6. The van der Waals surface area contributed by atoms with Gasteiger partial charge in [-0.25, -0.2) is 14.4 Å². The Kier molecular flexibility index (Phi) is 6.34. The Labute approximate surface area is 201 Å². The summed E-state index contributed by atoms with van der Waals surface area (Å²) in [6, 6.07) is 9.52. The third-order valence-electron chi connectivity index (χ3n) is 5.58. The van der Waals surface area contributed by atoms with Crippen LogP contribution in [0.4, 0.5) is 10.1 Å². The van der Waals surface area contributed by atoms with Crippen molar-refractivity contribution in [2.75, 3.05) is 5.32 Å². The molecule has 2 aromatic carbocycles. The third kappa shape index (κ3) is 4.76. The molecule has 174 valence electrons. The number of nitrogens with one attached hydrogen (secondary N) is 1. The normalized spacial score (nSPS) is 12.6. The Morgan fingerprint density at radius 2 is 1.76 bits per heavy atom. The minimum atomic E-state index is -1.14. The summed E-state index contributed by atoms with van der Waals surface area (Å²) in [5, 5.41) is 14.5. The maximum absolute atomic E-state index is 14.6. The standard InChI is InChI=1S/C26H24ClFN4O2/c1-14(19-9-16(15(2)33)5-7-22(19)28)32-24-20-10-17(6-8-23(20)29-13-21(24)27)18-11-30-25(31-12-18)26(3,4)34/h5-14,34H,1-4H3,(H,29,32). The van der Waals surface area contributed by atoms with Gasteiger partial charge in [0.25, 0.3) is 0 Å². The van der Waals surface area contributed by atoms with Crippen LogP contribution >= 0.6 is 11.6 Å². The zero-order valence-electron chi connectivity index (χ0n) is 19.2. The molecule has 0 radical (unpaired) electrons. The van der Waals surface area contributed by atoms with Crippen molar-refractivity contribution in [1.82, 2.24) is 15.0 Å². The van der Waals surface area contributed by atoms with E-state index >= 15 is 0 Å². The summed E-state index contributed by atoms with van der Waals surface area (Å²) in [6.07, 6.45) is 4.85. The number of aliphatic hydroxyl groups is 1. The SMILES string of the molecule is CC(=O)c1ccc(F)c(C(C)Nc2c(Cl)cnc3ccc(-c4cnc(C(C)(C)O)nc4)cc23)c1. The summed E-state index contributed by atoms with van der Waals surface area (Å²) >= 11 is 6.50. The molecule has 0 aliphatic carbocycles. The van der Waals surface area contributed by atoms with E-state index in [4.69, 9.17) is 11.6 Å². The first kappa shape index (κ1) is 23.7. The molecule has 0 aliphatic rings. The van der Waals surface area contributed by atoms with Crippen molar-refractivity contribution in [3.63, 3.8) is 0 Å². The van der Waals surface area contributed by atoms with Gasteiger partial charge < -0.3 is 10.4 Å². The molecule has 1 atom stereocenters. The van der Waals surface area contributed by atoms with E-state index in [1.165, 1.54) is 19.1 Å². The van der Waals surface area contributed by atoms with Crippen molar-refractivity contribution in [3.05, 3.63) is 82.8 Å². The molecule has 34 heavy (non-hydrogen) atoms. The molecule has 0 saturated heterocycles. The van der Waals surface area contributed by atoms with E-state index < -0.39 is 17.5 Å². The van der Waals surface area contributed by atoms with Gasteiger partial charge in [-0.05, 0) is 63.6 Å². The highest BCUT2D eigenvalue weighted by atomic mass is 35.5. The highest BCUT2D eigenvalue weighted by Gasteiger charge is 2.20.